The zero-order valence-electron chi connectivity index (χ0n) is 15.9. The van der Waals surface area contributed by atoms with E-state index in [9.17, 15) is 0 Å². The van der Waals surface area contributed by atoms with Gasteiger partial charge in [0.25, 0.3) is 0 Å². The number of hydrogen-bond acceptors (Lipinski definition) is 3. The molecule has 1 aliphatic rings. The van der Waals surface area contributed by atoms with E-state index in [4.69, 9.17) is 25.8 Å². The van der Waals surface area contributed by atoms with Crippen molar-refractivity contribution in [3.63, 3.8) is 0 Å². The van der Waals surface area contributed by atoms with Crippen molar-refractivity contribution in [1.82, 2.24) is 0 Å². The molecule has 0 atom stereocenters. The van der Waals surface area contributed by atoms with Gasteiger partial charge in [0.15, 0.2) is 11.5 Å². The molecule has 1 aliphatic heterocycles. The summed E-state index contributed by atoms with van der Waals surface area (Å²) in [4.78, 5) is 1.64. The fraction of sp³-hybridized carbons (Fsp3) is 0.429. The highest BCUT2D eigenvalue weighted by Crippen LogP contribution is 2.28. The maximum absolute atomic E-state index is 6.02. The van der Waals surface area contributed by atoms with Crippen molar-refractivity contribution in [2.45, 2.75) is 13.2 Å². The first-order chi connectivity index (χ1) is 13.2. The van der Waals surface area contributed by atoms with E-state index in [1.165, 1.54) is 12.1 Å². The molecule has 0 amide bonds. The maximum atomic E-state index is 6.02. The topological polar surface area (TPSA) is 48.7 Å². The number of nitrogens with two attached hydrogens (primary N) is 1. The Kier molecular flexibility index (Phi) is 7.78. The highest BCUT2D eigenvalue weighted by atomic mass is 35.5. The molecule has 0 bridgehead atoms. The zero-order chi connectivity index (χ0) is 18.9. The Morgan fingerprint density at radius 3 is 2.70 bits per heavy atom. The van der Waals surface area contributed by atoms with Gasteiger partial charge in [-0.25, -0.2) is 0 Å². The van der Waals surface area contributed by atoms with Gasteiger partial charge in [0.1, 0.15) is 39.3 Å². The van der Waals surface area contributed by atoms with E-state index in [1.54, 1.807) is 12.0 Å². The highest BCUT2D eigenvalue weighted by molar-refractivity contribution is 6.30. The molecule has 3 N–H and O–H groups in total. The molecule has 5 nitrogen and oxygen atoms in total. The third kappa shape index (κ3) is 6.40. The minimum Gasteiger partial charge on any atom is -0.493 e. The molecule has 0 spiro atoms. The average Bonchev–Trinajstić information content (AvgIpc) is 2.71. The largest absolute Gasteiger partial charge is 0.493 e. The van der Waals surface area contributed by atoms with E-state index >= 15 is 0 Å². The normalized spacial score (nSPS) is 14.9. The van der Waals surface area contributed by atoms with Crippen LogP contribution in [0.15, 0.2) is 42.5 Å². The Hall–Kier alpha value is -1.79. The highest BCUT2D eigenvalue weighted by Gasteiger charge is 2.14. The lowest BCUT2D eigenvalue weighted by molar-refractivity contribution is -0.920. The molecule has 0 unspecified atom stereocenters. The summed E-state index contributed by atoms with van der Waals surface area (Å²) in [6.45, 7) is 7.73. The van der Waals surface area contributed by atoms with Crippen LogP contribution in [0.1, 0.15) is 11.1 Å². The lowest BCUT2D eigenvalue weighted by atomic mass is 10.2. The van der Waals surface area contributed by atoms with Crippen LogP contribution < -0.4 is 19.7 Å². The minimum absolute atomic E-state index is 0.463. The van der Waals surface area contributed by atoms with Crippen LogP contribution in [0.2, 0.25) is 5.02 Å². The van der Waals surface area contributed by atoms with Gasteiger partial charge in [0.2, 0.25) is 0 Å². The van der Waals surface area contributed by atoms with Crippen LogP contribution in [-0.4, -0.2) is 46.5 Å². The van der Waals surface area contributed by atoms with E-state index in [1.807, 2.05) is 30.3 Å². The van der Waals surface area contributed by atoms with Crippen molar-refractivity contribution >= 4 is 11.6 Å². The first-order valence-electron chi connectivity index (χ1n) is 9.52. The van der Waals surface area contributed by atoms with E-state index in [0.717, 1.165) is 56.5 Å². The molecule has 2 aromatic carbocycles. The van der Waals surface area contributed by atoms with Gasteiger partial charge in [0.05, 0.1) is 20.3 Å². The zero-order valence-corrected chi connectivity index (χ0v) is 16.6. The quantitative estimate of drug-likeness (QED) is 0.623. The second-order valence-corrected chi connectivity index (χ2v) is 7.23. The Bertz CT molecular complexity index is 720. The van der Waals surface area contributed by atoms with Gasteiger partial charge in [-0.05, 0) is 35.9 Å². The predicted molar refractivity (Wildman–Crippen MR) is 106 cm³/mol. The van der Waals surface area contributed by atoms with Crippen LogP contribution in [0.4, 0.5) is 0 Å². The number of methoxy groups -OCH3 is 1. The molecule has 0 aliphatic carbocycles. The Balaban J connectivity index is 1.47. The van der Waals surface area contributed by atoms with Gasteiger partial charge in [-0.1, -0.05) is 23.7 Å². The average molecular weight is 393 g/mol. The summed E-state index contributed by atoms with van der Waals surface area (Å²) < 4.78 is 16.8. The molecular weight excluding hydrogens is 364 g/mol. The van der Waals surface area contributed by atoms with E-state index in [2.05, 4.69) is 17.4 Å². The van der Waals surface area contributed by atoms with Crippen molar-refractivity contribution in [3.8, 4) is 11.5 Å². The standard InChI is InChI=1S/C21H27ClN2O3/c1-25-21-14-17(15-23-7-8-24-9-11-26-12-10-24)5-6-20(21)27-16-18-3-2-4-19(22)13-18/h2-6,13-14,23H,7-12,15-16H2,1H3/p+2. The van der Waals surface area contributed by atoms with E-state index in [-0.39, 0.29) is 0 Å². The van der Waals surface area contributed by atoms with Crippen LogP contribution in [0.5, 0.6) is 11.5 Å². The van der Waals surface area contributed by atoms with E-state index < -0.39 is 0 Å². The van der Waals surface area contributed by atoms with Gasteiger partial charge in [-0.15, -0.1) is 0 Å². The molecule has 0 radical (unpaired) electrons. The van der Waals surface area contributed by atoms with Gasteiger partial charge in [-0.3, -0.25) is 0 Å². The lowest BCUT2D eigenvalue weighted by Crippen LogP contribution is -3.16. The lowest BCUT2D eigenvalue weighted by Gasteiger charge is -2.22. The third-order valence-corrected chi connectivity index (χ3v) is 5.03. The molecule has 2 aromatic rings. The summed E-state index contributed by atoms with van der Waals surface area (Å²) in [7, 11) is 1.68. The number of ether oxygens (including phenoxy) is 3. The molecule has 0 aromatic heterocycles. The number of rotatable bonds is 9. The summed E-state index contributed by atoms with van der Waals surface area (Å²) in [5.74, 6) is 1.51. The summed E-state index contributed by atoms with van der Waals surface area (Å²) >= 11 is 6.02. The summed E-state index contributed by atoms with van der Waals surface area (Å²) in [5, 5.41) is 3.07. The third-order valence-electron chi connectivity index (χ3n) is 4.79. The molecule has 1 heterocycles. The van der Waals surface area contributed by atoms with Crippen LogP contribution in [0, 0.1) is 0 Å². The fourth-order valence-corrected chi connectivity index (χ4v) is 3.44. The number of quaternary nitrogens is 2. The van der Waals surface area contributed by atoms with Gasteiger partial charge >= 0.3 is 0 Å². The van der Waals surface area contributed by atoms with Gasteiger partial charge in [-0.2, -0.15) is 0 Å². The number of hydrogen-bond donors (Lipinski definition) is 2. The molecule has 146 valence electrons. The van der Waals surface area contributed by atoms with Crippen molar-refractivity contribution in [1.29, 1.82) is 0 Å². The number of morpholine rings is 1. The van der Waals surface area contributed by atoms with Crippen molar-refractivity contribution in [3.05, 3.63) is 58.6 Å². The number of halogens is 1. The van der Waals surface area contributed by atoms with Gasteiger partial charge < -0.3 is 24.4 Å². The van der Waals surface area contributed by atoms with Gasteiger partial charge in [0, 0.05) is 10.6 Å². The summed E-state index contributed by atoms with van der Waals surface area (Å²) in [6, 6.07) is 13.8. The Morgan fingerprint density at radius 2 is 1.93 bits per heavy atom. The summed E-state index contributed by atoms with van der Waals surface area (Å²) in [6.07, 6.45) is 0. The van der Waals surface area contributed by atoms with Crippen molar-refractivity contribution in [2.24, 2.45) is 0 Å². The molecular formula is C21H29ClN2O3+2. The molecule has 6 heteroatoms. The van der Waals surface area contributed by atoms with E-state index in [0.29, 0.717) is 11.6 Å². The number of benzene rings is 2. The van der Waals surface area contributed by atoms with Crippen LogP contribution in [0.25, 0.3) is 0 Å². The van der Waals surface area contributed by atoms with Crippen molar-refractivity contribution < 1.29 is 24.4 Å². The first-order valence-corrected chi connectivity index (χ1v) is 9.89. The Labute approximate surface area is 166 Å². The van der Waals surface area contributed by atoms with Crippen LogP contribution >= 0.6 is 11.6 Å². The molecule has 27 heavy (non-hydrogen) atoms. The number of nitrogens with one attached hydrogen (secondary N) is 1. The second kappa shape index (κ2) is 10.5. The van der Waals surface area contributed by atoms with Crippen LogP contribution in [0.3, 0.4) is 0 Å². The van der Waals surface area contributed by atoms with Crippen LogP contribution in [-0.2, 0) is 17.9 Å². The second-order valence-electron chi connectivity index (χ2n) is 6.80. The van der Waals surface area contributed by atoms with Crippen molar-refractivity contribution in [2.75, 3.05) is 46.5 Å². The summed E-state index contributed by atoms with van der Waals surface area (Å²) in [5.41, 5.74) is 2.27. The Morgan fingerprint density at radius 1 is 1.07 bits per heavy atom. The molecule has 1 fully saturated rings. The smallest absolute Gasteiger partial charge is 0.161 e. The molecule has 3 rings (SSSR count). The predicted octanol–water partition coefficient (Wildman–Crippen LogP) is 0.906. The minimum atomic E-state index is 0.463. The maximum Gasteiger partial charge on any atom is 0.161 e. The SMILES string of the molecule is COc1cc(C[NH2+]CC[NH+]2CCOCC2)ccc1OCc1cccc(Cl)c1. The molecule has 0 saturated carbocycles. The fourth-order valence-electron chi connectivity index (χ4n) is 3.23. The first kappa shape index (κ1) is 20.0. The molecule has 1 saturated heterocycles. The monoisotopic (exact) mass is 392 g/mol.